The minimum atomic E-state index is -7.83. The van der Waals surface area contributed by atoms with Crippen molar-refractivity contribution in [3.8, 4) is 0 Å². The summed E-state index contributed by atoms with van der Waals surface area (Å²) in [5, 5.41) is 0. The van der Waals surface area contributed by atoms with Crippen molar-refractivity contribution in [2.75, 3.05) is 0 Å². The third-order valence-electron chi connectivity index (χ3n) is 4.82. The molecule has 29 heavy (non-hydrogen) atoms. The van der Waals surface area contributed by atoms with Gasteiger partial charge in [0.2, 0.25) is 0 Å². The first-order valence-corrected chi connectivity index (χ1v) is 11.5. The van der Waals surface area contributed by atoms with E-state index in [2.05, 4.69) is 0 Å². The summed E-state index contributed by atoms with van der Waals surface area (Å²) in [4.78, 5) is 0. The van der Waals surface area contributed by atoms with Crippen LogP contribution in [0.3, 0.4) is 0 Å². The summed E-state index contributed by atoms with van der Waals surface area (Å²) < 4.78 is 166. The molecule has 0 saturated carbocycles. The van der Waals surface area contributed by atoms with Gasteiger partial charge in [0.25, 0.3) is 0 Å². The summed E-state index contributed by atoms with van der Waals surface area (Å²) in [6.07, 6.45) is -7.43. The van der Waals surface area contributed by atoms with E-state index >= 15 is 0 Å². The van der Waals surface area contributed by atoms with Crippen LogP contribution in [0.4, 0.5) is 57.1 Å². The van der Waals surface area contributed by atoms with E-state index in [4.69, 9.17) is 0 Å². The van der Waals surface area contributed by atoms with Crippen LogP contribution in [0.2, 0.25) is 6.93 Å². The predicted molar refractivity (Wildman–Crippen MR) is 78.5 cm³/mol. The van der Waals surface area contributed by atoms with Crippen molar-refractivity contribution in [3.63, 3.8) is 0 Å². The standard InChI is InChI=1S/C15H18F13Te/c1-8(2)6-5-7-9(3,4)29(8)15(27,28)13(22,23)11(18,19)10(16,17)12(20,21)14(24,25)26/h5-7H2,1-4H3. The Kier molecular flexibility index (Phi) is 6.44. The average molecular weight is 573 g/mol. The van der Waals surface area contributed by atoms with Gasteiger partial charge in [-0.05, 0) is 0 Å². The first-order valence-electron chi connectivity index (χ1n) is 8.03. The molecule has 0 aromatic rings. The Hall–Kier alpha value is -0.120. The number of alkyl halides is 13. The van der Waals surface area contributed by atoms with E-state index < -0.39 is 60.3 Å². The average Bonchev–Trinajstić information content (AvgIpc) is 2.42. The van der Waals surface area contributed by atoms with Crippen LogP contribution in [-0.4, -0.2) is 53.4 Å². The molecular weight excluding hydrogens is 555 g/mol. The molecule has 0 aromatic carbocycles. The van der Waals surface area contributed by atoms with Crippen molar-refractivity contribution in [1.29, 1.82) is 0 Å². The zero-order valence-electron chi connectivity index (χ0n) is 15.4. The van der Waals surface area contributed by atoms with Crippen molar-refractivity contribution in [2.24, 2.45) is 0 Å². The van der Waals surface area contributed by atoms with Crippen molar-refractivity contribution >= 4 is 19.6 Å². The number of hydrogen-bond donors (Lipinski definition) is 0. The van der Waals surface area contributed by atoms with Gasteiger partial charge in [-0.25, -0.2) is 0 Å². The third kappa shape index (κ3) is 3.72. The van der Waals surface area contributed by atoms with Crippen LogP contribution in [0.5, 0.6) is 0 Å². The first-order chi connectivity index (χ1) is 12.3. The molecule has 0 amide bonds. The molecule has 1 radical (unpaired) electrons. The van der Waals surface area contributed by atoms with Crippen LogP contribution in [0, 0.1) is 0 Å². The summed E-state index contributed by atoms with van der Waals surface area (Å²) in [6, 6.07) is 0. The monoisotopic (exact) mass is 575 g/mol. The Morgan fingerprint density at radius 2 is 0.828 bits per heavy atom. The normalized spacial score (nSPS) is 22.7. The second-order valence-corrected chi connectivity index (χ2v) is 17.5. The molecule has 0 aromatic heterocycles. The van der Waals surface area contributed by atoms with Crippen LogP contribution >= 0.6 is 0 Å². The van der Waals surface area contributed by atoms with Gasteiger partial charge in [0.1, 0.15) is 0 Å². The molecule has 175 valence electrons. The van der Waals surface area contributed by atoms with Gasteiger partial charge in [0, 0.05) is 0 Å². The van der Waals surface area contributed by atoms with Crippen molar-refractivity contribution in [2.45, 2.75) is 87.7 Å². The fourth-order valence-corrected chi connectivity index (χ4v) is 14.8. The second-order valence-electron chi connectivity index (χ2n) is 7.99. The minimum absolute atomic E-state index is 0.139. The number of halogens is 13. The fourth-order valence-electron chi connectivity index (χ4n) is 3.47. The molecule has 0 atom stereocenters. The number of hydrogen-bond acceptors (Lipinski definition) is 0. The summed E-state index contributed by atoms with van der Waals surface area (Å²) in [6.45, 7) is 4.20. The van der Waals surface area contributed by atoms with Crippen LogP contribution in [0.25, 0.3) is 0 Å². The van der Waals surface area contributed by atoms with E-state index in [-0.39, 0.29) is 19.3 Å². The number of rotatable bonds is 5. The van der Waals surface area contributed by atoms with Gasteiger partial charge in [-0.3, -0.25) is 0 Å². The van der Waals surface area contributed by atoms with E-state index in [9.17, 15) is 57.1 Å². The van der Waals surface area contributed by atoms with Crippen LogP contribution in [0.1, 0.15) is 47.0 Å². The van der Waals surface area contributed by atoms with E-state index in [0.29, 0.717) is 0 Å². The van der Waals surface area contributed by atoms with E-state index in [1.165, 1.54) is 0 Å². The maximum atomic E-state index is 14.8. The Labute approximate surface area is 164 Å². The van der Waals surface area contributed by atoms with Crippen molar-refractivity contribution < 1.29 is 57.1 Å². The molecule has 0 N–H and O–H groups in total. The molecular formula is C15H18F13Te. The van der Waals surface area contributed by atoms with Crippen LogP contribution < -0.4 is 0 Å². The maximum absolute atomic E-state index is 14.8. The quantitative estimate of drug-likeness (QED) is 0.236. The molecule has 0 bridgehead atoms. The summed E-state index contributed by atoms with van der Waals surface area (Å²) in [5.74, 6) is -30.3. The van der Waals surface area contributed by atoms with Gasteiger partial charge in [-0.2, -0.15) is 0 Å². The Bertz CT molecular complexity index is 602. The summed E-state index contributed by atoms with van der Waals surface area (Å²) in [7, 11) is 0. The Morgan fingerprint density at radius 1 is 0.517 bits per heavy atom. The van der Waals surface area contributed by atoms with Gasteiger partial charge in [0.05, 0.1) is 0 Å². The zero-order chi connectivity index (χ0) is 23.7. The van der Waals surface area contributed by atoms with E-state index in [1.807, 2.05) is 0 Å². The fraction of sp³-hybridized carbons (Fsp3) is 1.00. The SMILES string of the molecule is CC1(C)CCCC(C)(C)[Te]1C(F)(F)C(F)(F)C(F)(F)C(F)(F)C(F)(F)C(F)(F)F. The molecule has 1 saturated heterocycles. The Balaban J connectivity index is 3.66. The Morgan fingerprint density at radius 3 is 1.14 bits per heavy atom. The van der Waals surface area contributed by atoms with Gasteiger partial charge >= 0.3 is 164 Å². The van der Waals surface area contributed by atoms with Crippen molar-refractivity contribution in [3.05, 3.63) is 0 Å². The zero-order valence-corrected chi connectivity index (χ0v) is 17.8. The topological polar surface area (TPSA) is 0 Å². The van der Waals surface area contributed by atoms with Crippen LogP contribution in [0.15, 0.2) is 0 Å². The van der Waals surface area contributed by atoms with E-state index in [1.54, 1.807) is 0 Å². The molecule has 0 aliphatic carbocycles. The van der Waals surface area contributed by atoms with Crippen molar-refractivity contribution in [1.82, 2.24) is 0 Å². The van der Waals surface area contributed by atoms with Crippen LogP contribution in [-0.2, 0) is 0 Å². The summed E-state index contributed by atoms with van der Waals surface area (Å²) in [5.41, 5.74) is 0. The molecule has 14 heteroatoms. The van der Waals surface area contributed by atoms with Gasteiger partial charge in [0.15, 0.2) is 0 Å². The summed E-state index contributed by atoms with van der Waals surface area (Å²) >= 11 is -4.98. The van der Waals surface area contributed by atoms with E-state index in [0.717, 1.165) is 27.7 Å². The van der Waals surface area contributed by atoms with Gasteiger partial charge in [-0.1, -0.05) is 0 Å². The predicted octanol–water partition coefficient (Wildman–Crippen LogP) is 7.50. The molecule has 0 spiro atoms. The van der Waals surface area contributed by atoms with Gasteiger partial charge in [-0.15, -0.1) is 0 Å². The molecule has 1 rings (SSSR count). The second kappa shape index (κ2) is 6.94. The molecule has 0 nitrogen and oxygen atoms in total. The molecule has 1 fully saturated rings. The molecule has 1 heterocycles. The first kappa shape index (κ1) is 26.9. The molecule has 1 aliphatic rings. The molecule has 1 aliphatic heterocycles. The third-order valence-corrected chi connectivity index (χ3v) is 14.5. The van der Waals surface area contributed by atoms with Gasteiger partial charge < -0.3 is 0 Å². The molecule has 0 unspecified atom stereocenters.